The molecule has 1 aromatic heterocycles. The Hall–Kier alpha value is -3.52. The van der Waals surface area contributed by atoms with Crippen molar-refractivity contribution >= 4 is 50.6 Å². The molecule has 7 nitrogen and oxygen atoms in total. The van der Waals surface area contributed by atoms with Crippen LogP contribution in [0.1, 0.15) is 51.4 Å². The summed E-state index contributed by atoms with van der Waals surface area (Å²) in [5.74, 6) is 1.19. The predicted molar refractivity (Wildman–Crippen MR) is 149 cm³/mol. The van der Waals surface area contributed by atoms with Crippen LogP contribution >= 0.6 is 11.3 Å². The zero-order valence-electron chi connectivity index (χ0n) is 21.4. The van der Waals surface area contributed by atoms with Gasteiger partial charge >= 0.3 is 0 Å². The van der Waals surface area contributed by atoms with E-state index in [0.717, 1.165) is 46.8 Å². The Morgan fingerprint density at radius 1 is 1.13 bits per heavy atom. The Bertz CT molecular complexity index is 1510. The van der Waals surface area contributed by atoms with Crippen molar-refractivity contribution in [1.29, 1.82) is 0 Å². The number of rotatable bonds is 5. The van der Waals surface area contributed by atoms with Gasteiger partial charge in [-0.15, -0.1) is 11.3 Å². The zero-order chi connectivity index (χ0) is 26.0. The molecule has 2 aromatic carbocycles. The standard InChI is InChI=1S/C30H30N4O3S/c1-17-32-24-14-22(9-10-26(24)38-17)34-29(36)23-5-2-6-25(27(23)30(34)37)33-11-3-4-20(16-33)28(35)31-15-21-13-18-7-8-19(21)12-18/h2,5-10,14,18-21H,3-4,11-13,15-16H2,1H3,(H,31,35)/t18-,19+,20-,21-/m1/s1. The first-order valence-corrected chi connectivity index (χ1v) is 14.4. The minimum Gasteiger partial charge on any atom is -0.370 e. The summed E-state index contributed by atoms with van der Waals surface area (Å²) in [6.45, 7) is 3.99. The van der Waals surface area contributed by atoms with Gasteiger partial charge in [-0.2, -0.15) is 0 Å². The summed E-state index contributed by atoms with van der Waals surface area (Å²) in [5, 5.41) is 4.17. The molecule has 0 spiro atoms. The SMILES string of the molecule is Cc1nc2cc(N3C(=O)c4cccc(N5CCC[C@@H](C(=O)NC[C@H]6C[C@@H]7C=C[C@H]6C7)C5)c4C3=O)ccc2s1. The van der Waals surface area contributed by atoms with Gasteiger partial charge in [0.1, 0.15) is 0 Å². The molecule has 1 saturated heterocycles. The summed E-state index contributed by atoms with van der Waals surface area (Å²) in [6, 6.07) is 11.0. The normalized spacial score (nSPS) is 26.0. The Balaban J connectivity index is 1.10. The maximum atomic E-state index is 13.7. The van der Waals surface area contributed by atoms with Crippen LogP contribution in [0.5, 0.6) is 0 Å². The average Bonchev–Trinajstić information content (AvgIpc) is 3.70. The second-order valence-corrected chi connectivity index (χ2v) is 12.3. The summed E-state index contributed by atoms with van der Waals surface area (Å²) < 4.78 is 1.03. The number of carbonyl (C=O) groups excluding carboxylic acids is 3. The molecular weight excluding hydrogens is 496 g/mol. The van der Waals surface area contributed by atoms with Crippen LogP contribution in [0.4, 0.5) is 11.4 Å². The Morgan fingerprint density at radius 3 is 2.84 bits per heavy atom. The number of aryl methyl sites for hydroxylation is 1. The molecule has 194 valence electrons. The number of nitrogens with zero attached hydrogens (tertiary/aromatic N) is 3. The molecule has 3 amide bonds. The highest BCUT2D eigenvalue weighted by Gasteiger charge is 2.41. The first-order valence-electron chi connectivity index (χ1n) is 13.6. The summed E-state index contributed by atoms with van der Waals surface area (Å²) in [5.41, 5.74) is 2.91. The first-order chi connectivity index (χ1) is 18.5. The smallest absolute Gasteiger partial charge is 0.268 e. The molecule has 2 aliphatic heterocycles. The lowest BCUT2D eigenvalue weighted by molar-refractivity contribution is -0.125. The van der Waals surface area contributed by atoms with Gasteiger partial charge in [0.05, 0.1) is 43.6 Å². The molecule has 0 radical (unpaired) electrons. The third-order valence-electron chi connectivity index (χ3n) is 8.72. The fourth-order valence-corrected chi connectivity index (χ4v) is 7.66. The summed E-state index contributed by atoms with van der Waals surface area (Å²) in [7, 11) is 0. The first kappa shape index (κ1) is 23.6. The molecule has 2 bridgehead atoms. The molecule has 2 fully saturated rings. The largest absolute Gasteiger partial charge is 0.370 e. The number of imide groups is 1. The molecule has 2 aliphatic carbocycles. The van der Waals surface area contributed by atoms with E-state index in [2.05, 4.69) is 27.4 Å². The molecule has 4 aliphatic rings. The summed E-state index contributed by atoms with van der Waals surface area (Å²) in [4.78, 5) is 48.2. The van der Waals surface area contributed by atoms with Crippen molar-refractivity contribution in [2.45, 2.75) is 32.6 Å². The number of piperidine rings is 1. The lowest BCUT2D eigenvalue weighted by Gasteiger charge is -2.35. The highest BCUT2D eigenvalue weighted by atomic mass is 32.1. The maximum Gasteiger partial charge on any atom is 0.268 e. The number of benzene rings is 2. The molecule has 1 N–H and O–H groups in total. The van der Waals surface area contributed by atoms with Gasteiger partial charge in [-0.05, 0) is 80.7 Å². The number of aromatic nitrogens is 1. The van der Waals surface area contributed by atoms with E-state index < -0.39 is 0 Å². The minimum absolute atomic E-state index is 0.102. The summed E-state index contributed by atoms with van der Waals surface area (Å²) >= 11 is 1.59. The molecule has 3 heterocycles. The average molecular weight is 527 g/mol. The highest BCUT2D eigenvalue weighted by molar-refractivity contribution is 7.18. The van der Waals surface area contributed by atoms with E-state index in [4.69, 9.17) is 0 Å². The van der Waals surface area contributed by atoms with Crippen molar-refractivity contribution in [2.75, 3.05) is 29.4 Å². The van der Waals surface area contributed by atoms with Gasteiger partial charge in [-0.1, -0.05) is 18.2 Å². The van der Waals surface area contributed by atoms with Crippen molar-refractivity contribution in [1.82, 2.24) is 10.3 Å². The lowest BCUT2D eigenvalue weighted by atomic mass is 9.92. The number of hydrogen-bond donors (Lipinski definition) is 1. The van der Waals surface area contributed by atoms with Gasteiger partial charge in [0.2, 0.25) is 5.91 Å². The molecule has 1 saturated carbocycles. The molecule has 3 aromatic rings. The lowest BCUT2D eigenvalue weighted by Crippen LogP contribution is -2.44. The Morgan fingerprint density at radius 2 is 2.03 bits per heavy atom. The van der Waals surface area contributed by atoms with Crippen molar-refractivity contribution in [3.05, 3.63) is 64.7 Å². The molecule has 4 atom stereocenters. The topological polar surface area (TPSA) is 82.6 Å². The van der Waals surface area contributed by atoms with Crippen LogP contribution in [0.15, 0.2) is 48.6 Å². The number of amides is 3. The van der Waals surface area contributed by atoms with Crippen LogP contribution in [-0.2, 0) is 4.79 Å². The number of thiazole rings is 1. The van der Waals surface area contributed by atoms with Crippen LogP contribution in [0.25, 0.3) is 10.2 Å². The second-order valence-electron chi connectivity index (χ2n) is 11.1. The molecule has 38 heavy (non-hydrogen) atoms. The minimum atomic E-state index is -0.317. The van der Waals surface area contributed by atoms with Gasteiger partial charge in [0.25, 0.3) is 11.8 Å². The molecule has 7 rings (SSSR count). The van der Waals surface area contributed by atoms with E-state index in [1.807, 2.05) is 37.3 Å². The fourth-order valence-electron chi connectivity index (χ4n) is 6.85. The van der Waals surface area contributed by atoms with Crippen molar-refractivity contribution in [2.24, 2.45) is 23.7 Å². The van der Waals surface area contributed by atoms with E-state index in [-0.39, 0.29) is 23.6 Å². The van der Waals surface area contributed by atoms with Crippen LogP contribution < -0.4 is 15.1 Å². The van der Waals surface area contributed by atoms with Gasteiger partial charge < -0.3 is 10.2 Å². The van der Waals surface area contributed by atoms with Crippen LogP contribution in [0, 0.1) is 30.6 Å². The third-order valence-corrected chi connectivity index (χ3v) is 9.67. The van der Waals surface area contributed by atoms with Gasteiger partial charge in [0.15, 0.2) is 0 Å². The number of anilines is 2. The van der Waals surface area contributed by atoms with E-state index in [9.17, 15) is 14.4 Å². The van der Waals surface area contributed by atoms with Crippen molar-refractivity contribution < 1.29 is 14.4 Å². The van der Waals surface area contributed by atoms with Gasteiger partial charge in [0, 0.05) is 19.6 Å². The number of allylic oxidation sites excluding steroid dienone is 2. The van der Waals surface area contributed by atoms with Crippen LogP contribution in [-0.4, -0.2) is 42.3 Å². The van der Waals surface area contributed by atoms with Crippen LogP contribution in [0.2, 0.25) is 0 Å². The number of fused-ring (bicyclic) bond motifs is 4. The molecule has 8 heteroatoms. The van der Waals surface area contributed by atoms with E-state index in [0.29, 0.717) is 41.1 Å². The predicted octanol–water partition coefficient (Wildman–Crippen LogP) is 4.95. The second kappa shape index (κ2) is 9.05. The number of carbonyl (C=O) groups is 3. The number of hydrogen-bond acceptors (Lipinski definition) is 6. The fraction of sp³-hybridized carbons (Fsp3) is 0.400. The van der Waals surface area contributed by atoms with Crippen molar-refractivity contribution in [3.8, 4) is 0 Å². The number of nitrogens with one attached hydrogen (secondary N) is 1. The Kier molecular flexibility index (Phi) is 5.62. The summed E-state index contributed by atoms with van der Waals surface area (Å²) in [6.07, 6.45) is 8.75. The van der Waals surface area contributed by atoms with E-state index in [1.54, 1.807) is 17.4 Å². The monoisotopic (exact) mass is 526 g/mol. The quantitative estimate of drug-likeness (QED) is 0.376. The maximum absolute atomic E-state index is 13.7. The van der Waals surface area contributed by atoms with Gasteiger partial charge in [-0.3, -0.25) is 14.4 Å². The van der Waals surface area contributed by atoms with Gasteiger partial charge in [-0.25, -0.2) is 9.88 Å². The molecule has 0 unspecified atom stereocenters. The highest BCUT2D eigenvalue weighted by Crippen LogP contribution is 2.43. The van der Waals surface area contributed by atoms with E-state index >= 15 is 0 Å². The third kappa shape index (κ3) is 3.85. The van der Waals surface area contributed by atoms with Crippen LogP contribution in [0.3, 0.4) is 0 Å². The van der Waals surface area contributed by atoms with Crippen molar-refractivity contribution in [3.63, 3.8) is 0 Å². The van der Waals surface area contributed by atoms with E-state index in [1.165, 1.54) is 17.7 Å². The zero-order valence-corrected chi connectivity index (χ0v) is 22.2. The Labute approximate surface area is 225 Å². The molecular formula is C30H30N4O3S.